The first-order chi connectivity index (χ1) is 18.0. The molecule has 0 amide bonds. The van der Waals surface area contributed by atoms with Gasteiger partial charge in [-0.2, -0.15) is 12.6 Å². The molecule has 4 aromatic carbocycles. The predicted molar refractivity (Wildman–Crippen MR) is 170 cm³/mol. The van der Waals surface area contributed by atoms with E-state index in [2.05, 4.69) is 161 Å². The van der Waals surface area contributed by atoms with E-state index in [0.29, 0.717) is 0 Å². The summed E-state index contributed by atoms with van der Waals surface area (Å²) in [4.78, 5) is 0. The molecule has 192 valence electrons. The van der Waals surface area contributed by atoms with Gasteiger partial charge in [0.2, 0.25) is 0 Å². The van der Waals surface area contributed by atoms with Crippen LogP contribution in [0.4, 0.5) is 0 Å². The third-order valence-electron chi connectivity index (χ3n) is 5.74. The molecule has 1 unspecified atom stereocenters. The number of hydrogen-bond donors (Lipinski definition) is 1. The minimum Gasteiger partial charge on any atom is -0.183 e. The van der Waals surface area contributed by atoms with Gasteiger partial charge in [-0.25, -0.2) is 0 Å². The minimum atomic E-state index is -0.124. The van der Waals surface area contributed by atoms with Crippen molar-refractivity contribution in [3.63, 3.8) is 0 Å². The maximum atomic E-state index is 3.79. The van der Waals surface area contributed by atoms with Gasteiger partial charge >= 0.3 is 0 Å². The zero-order chi connectivity index (χ0) is 27.4. The molecule has 4 rings (SSSR count). The molecule has 0 radical (unpaired) electrons. The van der Waals surface area contributed by atoms with Crippen LogP contribution in [0.2, 0.25) is 0 Å². The van der Waals surface area contributed by atoms with E-state index in [1.807, 2.05) is 19.1 Å². The number of aryl methyl sites for hydroxylation is 1. The van der Waals surface area contributed by atoms with E-state index >= 15 is 0 Å². The van der Waals surface area contributed by atoms with Crippen molar-refractivity contribution in [2.45, 2.75) is 32.6 Å². The lowest BCUT2D eigenvalue weighted by molar-refractivity contribution is 0.717. The van der Waals surface area contributed by atoms with Gasteiger partial charge in [-0.15, -0.1) is 6.58 Å². The van der Waals surface area contributed by atoms with E-state index < -0.39 is 0 Å². The summed E-state index contributed by atoms with van der Waals surface area (Å²) >= 11 is 3.53. The Morgan fingerprint density at radius 1 is 0.676 bits per heavy atom. The predicted octanol–water partition coefficient (Wildman–Crippen LogP) is 10.1. The van der Waals surface area contributed by atoms with Crippen LogP contribution in [0.25, 0.3) is 0 Å². The molecular formula is C36H42S. The monoisotopic (exact) mass is 506 g/mol. The Hall–Kier alpha value is -3.55. The van der Waals surface area contributed by atoms with Crippen LogP contribution >= 0.6 is 12.6 Å². The first-order valence-electron chi connectivity index (χ1n) is 12.6. The molecule has 0 nitrogen and oxygen atoms in total. The molecule has 4 aromatic rings. The first kappa shape index (κ1) is 31.5. The van der Waals surface area contributed by atoms with E-state index in [-0.39, 0.29) is 5.41 Å². The molecule has 0 N–H and O–H groups in total. The lowest BCUT2D eigenvalue weighted by Gasteiger charge is -2.29. The van der Waals surface area contributed by atoms with Crippen LogP contribution in [-0.2, 0) is 11.8 Å². The van der Waals surface area contributed by atoms with Crippen molar-refractivity contribution >= 4 is 12.6 Å². The second kappa shape index (κ2) is 18.7. The largest absolute Gasteiger partial charge is 0.183 e. The molecule has 0 aliphatic carbocycles. The van der Waals surface area contributed by atoms with Crippen molar-refractivity contribution in [1.82, 2.24) is 0 Å². The zero-order valence-corrected chi connectivity index (χ0v) is 23.7. The molecular weight excluding hydrogens is 464 g/mol. The number of thiol groups is 1. The molecule has 0 saturated heterocycles. The van der Waals surface area contributed by atoms with Gasteiger partial charge < -0.3 is 0 Å². The summed E-state index contributed by atoms with van der Waals surface area (Å²) in [7, 11) is 0. The Labute approximate surface area is 231 Å². The molecule has 0 heterocycles. The molecule has 0 bridgehead atoms. The van der Waals surface area contributed by atoms with Gasteiger partial charge in [-0.1, -0.05) is 146 Å². The number of hydrogen-bond acceptors (Lipinski definition) is 1. The summed E-state index contributed by atoms with van der Waals surface area (Å²) in [6.07, 6.45) is 10.6. The van der Waals surface area contributed by atoms with E-state index in [1.165, 1.54) is 27.8 Å². The normalized spacial score (nSPS) is 11.3. The van der Waals surface area contributed by atoms with Gasteiger partial charge in [0, 0.05) is 5.41 Å². The molecule has 0 aliphatic rings. The average molecular weight is 507 g/mol. The van der Waals surface area contributed by atoms with Crippen LogP contribution in [0.5, 0.6) is 0 Å². The first-order valence-corrected chi connectivity index (χ1v) is 13.5. The summed E-state index contributed by atoms with van der Waals surface area (Å²) in [6.45, 7) is 13.5. The third kappa shape index (κ3) is 10.9. The van der Waals surface area contributed by atoms with E-state index in [1.54, 1.807) is 12.3 Å². The van der Waals surface area contributed by atoms with Crippen molar-refractivity contribution in [3.8, 4) is 0 Å². The second-order valence-electron chi connectivity index (χ2n) is 8.53. The summed E-state index contributed by atoms with van der Waals surface area (Å²) in [5.41, 5.74) is 6.55. The van der Waals surface area contributed by atoms with E-state index in [0.717, 1.165) is 6.42 Å². The maximum Gasteiger partial charge on any atom is 0.0359 e. The van der Waals surface area contributed by atoms with Gasteiger partial charge in [0.15, 0.2) is 0 Å². The van der Waals surface area contributed by atoms with Gasteiger partial charge in [-0.05, 0) is 61.3 Å². The van der Waals surface area contributed by atoms with Crippen molar-refractivity contribution in [1.29, 1.82) is 0 Å². The lowest BCUT2D eigenvalue weighted by Crippen LogP contribution is -2.21. The molecule has 0 spiro atoms. The van der Waals surface area contributed by atoms with Crippen LogP contribution in [0.15, 0.2) is 153 Å². The maximum absolute atomic E-state index is 3.79. The molecule has 1 atom stereocenters. The molecule has 37 heavy (non-hydrogen) atoms. The summed E-state index contributed by atoms with van der Waals surface area (Å²) in [6, 6.07) is 40.2. The average Bonchev–Trinajstić information content (AvgIpc) is 2.95. The SMILES string of the molecule is C=C/C=C/C(C)(c1ccccc1)c1ccccc1C.C=CC.CS.c1ccc(Cc2ccccc2)cc1. The molecule has 0 aromatic heterocycles. The van der Waals surface area contributed by atoms with Gasteiger partial charge in [0.25, 0.3) is 0 Å². The highest BCUT2D eigenvalue weighted by molar-refractivity contribution is 7.79. The topological polar surface area (TPSA) is 0 Å². The fourth-order valence-corrected chi connectivity index (χ4v) is 3.97. The van der Waals surface area contributed by atoms with Gasteiger partial charge in [-0.3, -0.25) is 0 Å². The quantitative estimate of drug-likeness (QED) is 0.150. The fraction of sp³-hybridized carbons (Fsp3) is 0.167. The van der Waals surface area contributed by atoms with Crippen molar-refractivity contribution in [3.05, 3.63) is 181 Å². The van der Waals surface area contributed by atoms with Crippen molar-refractivity contribution in [2.24, 2.45) is 0 Å². The molecule has 1 heteroatoms. The Morgan fingerprint density at radius 2 is 1.08 bits per heavy atom. The lowest BCUT2D eigenvalue weighted by atomic mass is 9.74. The van der Waals surface area contributed by atoms with Crippen LogP contribution < -0.4 is 0 Å². The highest BCUT2D eigenvalue weighted by Gasteiger charge is 2.26. The fourth-order valence-electron chi connectivity index (χ4n) is 3.97. The van der Waals surface area contributed by atoms with Crippen LogP contribution in [0, 0.1) is 6.92 Å². The summed E-state index contributed by atoms with van der Waals surface area (Å²) in [5, 5.41) is 0. The molecule has 0 fully saturated rings. The van der Waals surface area contributed by atoms with Gasteiger partial charge in [0.1, 0.15) is 0 Å². The molecule has 0 aliphatic heterocycles. The summed E-state index contributed by atoms with van der Waals surface area (Å²) in [5.74, 6) is 0. The van der Waals surface area contributed by atoms with Crippen LogP contribution in [0.3, 0.4) is 0 Å². The molecule has 0 saturated carbocycles. The minimum absolute atomic E-state index is 0.124. The second-order valence-corrected chi connectivity index (χ2v) is 8.53. The zero-order valence-electron chi connectivity index (χ0n) is 22.8. The third-order valence-corrected chi connectivity index (χ3v) is 5.74. The van der Waals surface area contributed by atoms with Gasteiger partial charge in [0.05, 0.1) is 0 Å². The Kier molecular flexibility index (Phi) is 15.9. The highest BCUT2D eigenvalue weighted by atomic mass is 32.1. The van der Waals surface area contributed by atoms with Crippen LogP contribution in [-0.4, -0.2) is 6.26 Å². The smallest absolute Gasteiger partial charge is 0.0359 e. The number of benzene rings is 4. The standard InChI is InChI=1S/C19H20.C13H12.C3H6.CH4S/c1-4-5-15-19(3,17-12-7-6-8-13-17)18-14-10-9-11-16(18)2;1-3-7-12(8-4-1)11-13-9-5-2-6-10-13;1-3-2;1-2/h4-15H,1H2,2-3H3;1-10H,11H2;3H,1H2,2H3;2H,1H3/b15-5+;;;. The van der Waals surface area contributed by atoms with Crippen LogP contribution in [0.1, 0.15) is 41.7 Å². The summed E-state index contributed by atoms with van der Waals surface area (Å²) < 4.78 is 0. The highest BCUT2D eigenvalue weighted by Crippen LogP contribution is 2.35. The van der Waals surface area contributed by atoms with E-state index in [4.69, 9.17) is 0 Å². The number of rotatable bonds is 6. The van der Waals surface area contributed by atoms with Crippen molar-refractivity contribution in [2.75, 3.05) is 6.26 Å². The Bertz CT molecular complexity index is 1120. The number of allylic oxidation sites excluding steroid dienone is 4. The van der Waals surface area contributed by atoms with Crippen molar-refractivity contribution < 1.29 is 0 Å². The Balaban J connectivity index is 0.000000330. The Morgan fingerprint density at radius 3 is 1.51 bits per heavy atom. The van der Waals surface area contributed by atoms with E-state index in [9.17, 15) is 0 Å².